The molecule has 0 aliphatic heterocycles. The molecule has 0 atom stereocenters. The molecule has 2 aromatic heterocycles. The third-order valence-electron chi connectivity index (χ3n) is 6.09. The van der Waals surface area contributed by atoms with Crippen molar-refractivity contribution in [3.8, 4) is 11.3 Å². The molecule has 1 aliphatic rings. The van der Waals surface area contributed by atoms with E-state index in [1.165, 1.54) is 19.3 Å². The molecule has 0 saturated heterocycles. The first kappa shape index (κ1) is 22.6. The van der Waals surface area contributed by atoms with Crippen LogP contribution >= 0.6 is 0 Å². The molecule has 9 heteroatoms. The Morgan fingerprint density at radius 2 is 1.88 bits per heavy atom. The Hall–Kier alpha value is -3.62. The van der Waals surface area contributed by atoms with Gasteiger partial charge in [-0.15, -0.1) is 0 Å². The summed E-state index contributed by atoms with van der Waals surface area (Å²) < 4.78 is 6.90. The van der Waals surface area contributed by atoms with E-state index in [4.69, 9.17) is 16.0 Å². The van der Waals surface area contributed by atoms with Crippen LogP contribution in [0.5, 0.6) is 0 Å². The number of nitrogens with zero attached hydrogens (tertiary/aromatic N) is 3. The van der Waals surface area contributed by atoms with Crippen LogP contribution in [0.4, 0.5) is 11.7 Å². The van der Waals surface area contributed by atoms with Gasteiger partial charge >= 0.3 is 0 Å². The van der Waals surface area contributed by atoms with Crippen molar-refractivity contribution in [1.82, 2.24) is 14.9 Å². The number of hydrogen-bond acceptors (Lipinski definition) is 6. The summed E-state index contributed by atoms with van der Waals surface area (Å²) >= 11 is 0. The van der Waals surface area contributed by atoms with Gasteiger partial charge in [-0.05, 0) is 32.3 Å². The van der Waals surface area contributed by atoms with E-state index in [-0.39, 0.29) is 29.8 Å². The molecular formula is C24H30N6O3. The fourth-order valence-electron chi connectivity index (χ4n) is 4.37. The molecule has 1 saturated carbocycles. The van der Waals surface area contributed by atoms with Crippen LogP contribution < -0.4 is 16.8 Å². The van der Waals surface area contributed by atoms with Crippen LogP contribution in [0.3, 0.4) is 0 Å². The molecule has 0 radical (unpaired) electrons. The first-order valence-electron chi connectivity index (χ1n) is 11.4. The summed E-state index contributed by atoms with van der Waals surface area (Å²) in [5, 5.41) is 11.4. The van der Waals surface area contributed by atoms with Crippen molar-refractivity contribution < 1.29 is 14.1 Å². The van der Waals surface area contributed by atoms with Crippen LogP contribution in [0.25, 0.3) is 11.3 Å². The number of nitrogens with two attached hydrogens (primary N) is 2. The zero-order valence-electron chi connectivity index (χ0n) is 19.0. The van der Waals surface area contributed by atoms with E-state index in [1.54, 1.807) is 16.8 Å². The van der Waals surface area contributed by atoms with E-state index in [0.717, 1.165) is 24.1 Å². The van der Waals surface area contributed by atoms with Gasteiger partial charge in [-0.25, -0.2) is 4.68 Å². The molecular weight excluding hydrogens is 420 g/mol. The Labute approximate surface area is 192 Å². The Balaban J connectivity index is 1.43. The number of carbonyl (C=O) groups is 2. The molecule has 2 amide bonds. The second-order valence-corrected chi connectivity index (χ2v) is 8.88. The van der Waals surface area contributed by atoms with E-state index in [9.17, 15) is 9.59 Å². The highest BCUT2D eigenvalue weighted by Gasteiger charge is 2.23. The Morgan fingerprint density at radius 3 is 2.52 bits per heavy atom. The summed E-state index contributed by atoms with van der Waals surface area (Å²) in [5.74, 6) is 0.213. The molecule has 4 rings (SSSR count). The average Bonchev–Trinajstić information content (AvgIpc) is 3.39. The molecule has 174 valence electrons. The number of hydrogen-bond donors (Lipinski definition) is 3. The average molecular weight is 451 g/mol. The third kappa shape index (κ3) is 4.92. The maximum atomic E-state index is 12.5. The van der Waals surface area contributed by atoms with Gasteiger partial charge in [-0.3, -0.25) is 14.9 Å². The van der Waals surface area contributed by atoms with Gasteiger partial charge in [0.25, 0.3) is 5.91 Å². The molecule has 0 bridgehead atoms. The minimum Gasteiger partial charge on any atom is -0.383 e. The predicted molar refractivity (Wildman–Crippen MR) is 126 cm³/mol. The maximum absolute atomic E-state index is 12.5. The molecule has 3 aromatic rings. The molecule has 2 heterocycles. The third-order valence-corrected chi connectivity index (χ3v) is 6.09. The van der Waals surface area contributed by atoms with Crippen molar-refractivity contribution in [1.29, 1.82) is 0 Å². The van der Waals surface area contributed by atoms with Gasteiger partial charge in [-0.1, -0.05) is 48.7 Å². The molecule has 1 aliphatic carbocycles. The van der Waals surface area contributed by atoms with Crippen LogP contribution in [-0.4, -0.2) is 26.8 Å². The first-order chi connectivity index (χ1) is 15.8. The van der Waals surface area contributed by atoms with E-state index in [1.807, 2.05) is 32.0 Å². The Morgan fingerprint density at radius 1 is 1.18 bits per heavy atom. The lowest BCUT2D eigenvalue weighted by molar-refractivity contribution is -0.115. The van der Waals surface area contributed by atoms with Crippen LogP contribution in [0.15, 0.2) is 34.9 Å². The summed E-state index contributed by atoms with van der Waals surface area (Å²) in [6.45, 7) is 3.85. The number of primary amides is 1. The Bertz CT molecular complexity index is 1140. The van der Waals surface area contributed by atoms with Gasteiger partial charge < -0.3 is 16.0 Å². The zero-order chi connectivity index (χ0) is 23.5. The van der Waals surface area contributed by atoms with Crippen LogP contribution in [0.1, 0.15) is 79.5 Å². The topological polar surface area (TPSA) is 142 Å². The monoisotopic (exact) mass is 450 g/mol. The fraction of sp³-hybridized carbons (Fsp3) is 0.417. The molecule has 0 unspecified atom stereocenters. The van der Waals surface area contributed by atoms with Gasteiger partial charge in [0.15, 0.2) is 0 Å². The molecule has 1 fully saturated rings. The minimum atomic E-state index is -0.627. The Kier molecular flexibility index (Phi) is 6.48. The lowest BCUT2D eigenvalue weighted by atomic mass is 9.87. The predicted octanol–water partition coefficient (Wildman–Crippen LogP) is 4.03. The molecule has 5 N–H and O–H groups in total. The minimum absolute atomic E-state index is 0.0189. The van der Waals surface area contributed by atoms with E-state index in [2.05, 4.69) is 15.6 Å². The normalized spacial score (nSPS) is 14.5. The van der Waals surface area contributed by atoms with Crippen LogP contribution in [-0.2, 0) is 11.2 Å². The fourth-order valence-corrected chi connectivity index (χ4v) is 4.37. The van der Waals surface area contributed by atoms with Gasteiger partial charge in [-0.2, -0.15) is 5.10 Å². The summed E-state index contributed by atoms with van der Waals surface area (Å²) in [4.78, 5) is 24.5. The van der Waals surface area contributed by atoms with Crippen molar-refractivity contribution >= 4 is 23.5 Å². The SMILES string of the molecule is CC(C)n1nc(-c2ccc(CC(=O)Nc3cc(C4CCCCC4)no3)cc2)c(C(N)=O)c1N. The van der Waals surface area contributed by atoms with Gasteiger partial charge in [0.1, 0.15) is 17.1 Å². The smallest absolute Gasteiger partial charge is 0.254 e. The number of amides is 2. The van der Waals surface area contributed by atoms with Crippen molar-refractivity contribution in [2.24, 2.45) is 5.73 Å². The second-order valence-electron chi connectivity index (χ2n) is 8.88. The number of anilines is 2. The van der Waals surface area contributed by atoms with E-state index in [0.29, 0.717) is 23.1 Å². The number of aromatic nitrogens is 3. The summed E-state index contributed by atoms with van der Waals surface area (Å²) in [6.07, 6.45) is 6.09. The van der Waals surface area contributed by atoms with Gasteiger partial charge in [0.2, 0.25) is 11.8 Å². The molecule has 0 spiro atoms. The van der Waals surface area contributed by atoms with Crippen LogP contribution in [0.2, 0.25) is 0 Å². The zero-order valence-corrected chi connectivity index (χ0v) is 19.0. The summed E-state index contributed by atoms with van der Waals surface area (Å²) in [7, 11) is 0. The van der Waals surface area contributed by atoms with Gasteiger partial charge in [0.05, 0.1) is 12.1 Å². The number of carbonyl (C=O) groups excluding carboxylic acids is 2. The molecule has 1 aromatic carbocycles. The quantitative estimate of drug-likeness (QED) is 0.496. The highest BCUT2D eigenvalue weighted by atomic mass is 16.5. The summed E-state index contributed by atoms with van der Waals surface area (Å²) in [5.41, 5.74) is 14.7. The molecule has 33 heavy (non-hydrogen) atoms. The van der Waals surface area contributed by atoms with Crippen molar-refractivity contribution in [3.05, 3.63) is 47.2 Å². The molecule has 9 nitrogen and oxygen atoms in total. The number of nitrogens with one attached hydrogen (secondary N) is 1. The second kappa shape index (κ2) is 9.48. The summed E-state index contributed by atoms with van der Waals surface area (Å²) in [6, 6.07) is 9.05. The van der Waals surface area contributed by atoms with Crippen molar-refractivity contribution in [2.45, 2.75) is 64.3 Å². The lowest BCUT2D eigenvalue weighted by Crippen LogP contribution is -2.15. The number of benzene rings is 1. The van der Waals surface area contributed by atoms with Gasteiger partial charge in [0, 0.05) is 23.6 Å². The lowest BCUT2D eigenvalue weighted by Gasteiger charge is -2.18. The maximum Gasteiger partial charge on any atom is 0.254 e. The van der Waals surface area contributed by atoms with Crippen molar-refractivity contribution in [3.63, 3.8) is 0 Å². The van der Waals surface area contributed by atoms with E-state index >= 15 is 0 Å². The number of nitrogen functional groups attached to an aromatic ring is 1. The highest BCUT2D eigenvalue weighted by molar-refractivity contribution is 6.03. The van der Waals surface area contributed by atoms with Crippen molar-refractivity contribution in [2.75, 3.05) is 11.1 Å². The number of rotatable bonds is 7. The standard InChI is InChI=1S/C24H30N6O3/c1-14(2)30-23(25)21(24(26)32)22(28-30)17-10-8-15(9-11-17)12-19(31)27-20-13-18(29-33-20)16-6-4-3-5-7-16/h8-11,13-14,16H,3-7,12,25H2,1-2H3,(H2,26,32)(H,27,31). The van der Waals surface area contributed by atoms with Crippen LogP contribution in [0, 0.1) is 0 Å². The highest BCUT2D eigenvalue weighted by Crippen LogP contribution is 2.33. The largest absolute Gasteiger partial charge is 0.383 e. The first-order valence-corrected chi connectivity index (χ1v) is 11.4. The van der Waals surface area contributed by atoms with E-state index < -0.39 is 5.91 Å².